The maximum absolute atomic E-state index is 13.4. The Labute approximate surface area is 190 Å². The molecule has 0 saturated carbocycles. The number of aliphatic imine (C=N–C) groups is 1. The maximum atomic E-state index is 13.4. The summed E-state index contributed by atoms with van der Waals surface area (Å²) in [5, 5.41) is 9.72. The second-order valence-electron chi connectivity index (χ2n) is 7.56. The van der Waals surface area contributed by atoms with Gasteiger partial charge in [0.1, 0.15) is 12.5 Å². The Morgan fingerprint density at radius 3 is 2.61 bits per heavy atom. The number of carbonyl (C=O) groups is 1. The van der Waals surface area contributed by atoms with Crippen molar-refractivity contribution in [2.24, 2.45) is 10.1 Å². The summed E-state index contributed by atoms with van der Waals surface area (Å²) in [6.45, 7) is 1.76. The van der Waals surface area contributed by atoms with Crippen molar-refractivity contribution in [2.75, 3.05) is 17.2 Å². The van der Waals surface area contributed by atoms with Crippen LogP contribution in [0.2, 0.25) is 0 Å². The molecule has 6 nitrogen and oxygen atoms in total. The third-order valence-corrected chi connectivity index (χ3v) is 5.24. The number of amidine groups is 1. The zero-order valence-electron chi connectivity index (χ0n) is 18.0. The smallest absolute Gasteiger partial charge is 0.308 e. The quantitative estimate of drug-likeness (QED) is 0.473. The summed E-state index contributed by atoms with van der Waals surface area (Å²) in [7, 11) is 0. The number of hydrogen-bond donors (Lipinski definition) is 3. The van der Waals surface area contributed by atoms with Crippen molar-refractivity contribution in [1.82, 2.24) is 5.43 Å². The molecule has 3 aromatic carbocycles. The first-order valence-electron chi connectivity index (χ1n) is 10.5. The van der Waals surface area contributed by atoms with E-state index in [1.807, 2.05) is 19.1 Å². The van der Waals surface area contributed by atoms with E-state index in [1.54, 1.807) is 42.6 Å². The van der Waals surface area contributed by atoms with Crippen LogP contribution in [0.4, 0.5) is 25.0 Å². The van der Waals surface area contributed by atoms with Crippen LogP contribution in [-0.4, -0.2) is 24.6 Å². The molecule has 168 valence electrons. The van der Waals surface area contributed by atoms with Crippen LogP contribution in [0.1, 0.15) is 23.1 Å². The van der Waals surface area contributed by atoms with Crippen molar-refractivity contribution < 1.29 is 13.6 Å². The Bertz CT molecular complexity index is 1220. The predicted molar refractivity (Wildman–Crippen MR) is 128 cm³/mol. The summed E-state index contributed by atoms with van der Waals surface area (Å²) in [5.74, 6) is 0.197. The number of rotatable bonds is 5. The molecule has 1 aliphatic heterocycles. The number of carbonyl (C=O) groups excluding carboxylic acids is 1. The van der Waals surface area contributed by atoms with E-state index < -0.39 is 12.7 Å². The molecule has 0 aromatic heterocycles. The van der Waals surface area contributed by atoms with Gasteiger partial charge in [-0.15, -0.1) is 0 Å². The van der Waals surface area contributed by atoms with Gasteiger partial charge in [-0.25, -0.2) is 13.6 Å². The summed E-state index contributed by atoms with van der Waals surface area (Å²) >= 11 is 0. The number of halogens is 2. The minimum atomic E-state index is -0.607. The van der Waals surface area contributed by atoms with E-state index in [2.05, 4.69) is 26.2 Å². The lowest BCUT2D eigenvalue weighted by Crippen LogP contribution is -2.24. The van der Waals surface area contributed by atoms with Crippen LogP contribution >= 0.6 is 0 Å². The van der Waals surface area contributed by atoms with Crippen LogP contribution in [0, 0.1) is 12.7 Å². The fourth-order valence-corrected chi connectivity index (χ4v) is 3.44. The van der Waals surface area contributed by atoms with Gasteiger partial charge in [0, 0.05) is 30.4 Å². The molecule has 3 N–H and O–H groups in total. The molecule has 0 radical (unpaired) electrons. The van der Waals surface area contributed by atoms with Gasteiger partial charge in [0.05, 0.1) is 5.69 Å². The van der Waals surface area contributed by atoms with Gasteiger partial charge in [-0.2, -0.15) is 5.10 Å². The van der Waals surface area contributed by atoms with Gasteiger partial charge in [0.15, 0.2) is 5.84 Å². The van der Waals surface area contributed by atoms with Crippen molar-refractivity contribution in [2.45, 2.75) is 20.0 Å². The highest BCUT2D eigenvalue weighted by Crippen LogP contribution is 2.27. The average molecular weight is 447 g/mol. The number of urea groups is 1. The number of nitrogens with one attached hydrogen (secondary N) is 3. The molecule has 1 heterocycles. The highest BCUT2D eigenvalue weighted by atomic mass is 19.1. The lowest BCUT2D eigenvalue weighted by atomic mass is 10.0. The minimum absolute atomic E-state index is 0.315. The third kappa shape index (κ3) is 5.41. The molecule has 0 fully saturated rings. The number of amides is 2. The number of aryl methyl sites for hydroxylation is 1. The first-order chi connectivity index (χ1) is 16.0. The number of hydrazone groups is 1. The molecule has 4 rings (SSSR count). The zero-order chi connectivity index (χ0) is 23.2. The van der Waals surface area contributed by atoms with Crippen LogP contribution in [-0.2, 0) is 6.67 Å². The highest BCUT2D eigenvalue weighted by Gasteiger charge is 2.15. The summed E-state index contributed by atoms with van der Waals surface area (Å²) < 4.78 is 26.5. The number of benzene rings is 3. The molecule has 1 aliphatic rings. The monoisotopic (exact) mass is 447 g/mol. The van der Waals surface area contributed by atoms with E-state index in [-0.39, 0.29) is 5.82 Å². The Kier molecular flexibility index (Phi) is 6.73. The van der Waals surface area contributed by atoms with Crippen LogP contribution in [0.5, 0.6) is 0 Å². The second kappa shape index (κ2) is 10.0. The Hall–Kier alpha value is -4.07. The largest absolute Gasteiger partial charge is 0.323 e. The van der Waals surface area contributed by atoms with Crippen LogP contribution < -0.4 is 16.1 Å². The number of anilines is 2. The molecule has 0 unspecified atom stereocenters. The van der Waals surface area contributed by atoms with E-state index >= 15 is 0 Å². The molecule has 0 spiro atoms. The molecule has 0 aliphatic carbocycles. The Balaban J connectivity index is 1.63. The van der Waals surface area contributed by atoms with Crippen molar-refractivity contribution in [3.8, 4) is 11.1 Å². The van der Waals surface area contributed by atoms with Gasteiger partial charge in [-0.1, -0.05) is 24.3 Å². The lowest BCUT2D eigenvalue weighted by Gasteiger charge is -2.15. The second-order valence-corrected chi connectivity index (χ2v) is 7.56. The van der Waals surface area contributed by atoms with Crippen molar-refractivity contribution in [3.63, 3.8) is 0 Å². The fourth-order valence-electron chi connectivity index (χ4n) is 3.44. The fraction of sp³-hybridized carbons (Fsp3) is 0.160. The Morgan fingerprint density at radius 1 is 1.03 bits per heavy atom. The van der Waals surface area contributed by atoms with Gasteiger partial charge < -0.3 is 10.6 Å². The lowest BCUT2D eigenvalue weighted by molar-refractivity contribution is 0.262. The topological polar surface area (TPSA) is 77.9 Å². The SMILES string of the molecule is Cc1ccc(NC(=O)Nc2ccc(-c3ccc(F)cc3)cc2C2=NCCC=NN2)cc1CF. The van der Waals surface area contributed by atoms with Gasteiger partial charge in [-0.05, 0) is 65.6 Å². The molecule has 0 bridgehead atoms. The summed E-state index contributed by atoms with van der Waals surface area (Å²) in [6, 6.07) is 16.2. The molecule has 8 heteroatoms. The van der Waals surface area contributed by atoms with Crippen LogP contribution in [0.3, 0.4) is 0 Å². The van der Waals surface area contributed by atoms with Gasteiger partial charge in [0.25, 0.3) is 0 Å². The van der Waals surface area contributed by atoms with E-state index in [1.165, 1.54) is 12.1 Å². The number of alkyl halides is 1. The predicted octanol–water partition coefficient (Wildman–Crippen LogP) is 5.64. The van der Waals surface area contributed by atoms with Gasteiger partial charge in [0.2, 0.25) is 0 Å². The number of hydrogen-bond acceptors (Lipinski definition) is 4. The normalized spacial score (nSPS) is 13.0. The van der Waals surface area contributed by atoms with Crippen molar-refractivity contribution in [1.29, 1.82) is 0 Å². The van der Waals surface area contributed by atoms with Crippen LogP contribution in [0.25, 0.3) is 11.1 Å². The zero-order valence-corrected chi connectivity index (χ0v) is 18.0. The first-order valence-corrected chi connectivity index (χ1v) is 10.5. The molecule has 2 amide bonds. The molecule has 0 saturated heterocycles. The minimum Gasteiger partial charge on any atom is -0.308 e. The molecule has 3 aromatic rings. The van der Waals surface area contributed by atoms with E-state index in [0.29, 0.717) is 41.3 Å². The van der Waals surface area contributed by atoms with Crippen molar-refractivity contribution in [3.05, 3.63) is 83.2 Å². The summed E-state index contributed by atoms with van der Waals surface area (Å²) in [5.41, 5.74) is 7.56. The van der Waals surface area contributed by atoms with Crippen LogP contribution in [0.15, 0.2) is 70.8 Å². The summed E-state index contributed by atoms with van der Waals surface area (Å²) in [4.78, 5) is 17.2. The molecular formula is C25H23F2N5O. The standard InChI is InChI=1S/C25H23F2N5O/c1-16-3-9-21(13-19(16)15-26)30-25(33)31-23-10-6-18(17-4-7-20(27)8-5-17)14-22(23)24-28-11-2-12-29-32-24/h3-10,12-14H,2,11,15H2,1H3,(H,28,32)(H2,30,31,33). The average Bonchev–Trinajstić information content (AvgIpc) is 3.11. The van der Waals surface area contributed by atoms with E-state index in [9.17, 15) is 13.6 Å². The highest BCUT2D eigenvalue weighted by molar-refractivity contribution is 6.09. The van der Waals surface area contributed by atoms with Gasteiger partial charge in [-0.3, -0.25) is 10.4 Å². The Morgan fingerprint density at radius 2 is 1.82 bits per heavy atom. The molecule has 0 atom stereocenters. The van der Waals surface area contributed by atoms with E-state index in [4.69, 9.17) is 0 Å². The number of nitrogens with zero attached hydrogens (tertiary/aromatic N) is 2. The molecular weight excluding hydrogens is 424 g/mol. The van der Waals surface area contributed by atoms with E-state index in [0.717, 1.165) is 16.7 Å². The summed E-state index contributed by atoms with van der Waals surface area (Å²) in [6.07, 6.45) is 2.43. The molecule has 33 heavy (non-hydrogen) atoms. The van der Waals surface area contributed by atoms with Crippen molar-refractivity contribution >= 4 is 29.5 Å². The maximum Gasteiger partial charge on any atom is 0.323 e. The van der Waals surface area contributed by atoms with Gasteiger partial charge >= 0.3 is 6.03 Å². The third-order valence-electron chi connectivity index (χ3n) is 5.24. The first kappa shape index (κ1) is 22.1.